The maximum absolute atomic E-state index is 11.1. The molecule has 0 heterocycles. The fourth-order valence-corrected chi connectivity index (χ4v) is 3.08. The first-order valence-electron chi connectivity index (χ1n) is 4.68. The van der Waals surface area contributed by atoms with E-state index < -0.39 is 9.58 Å². The smallest absolute Gasteiger partial charge is 0.258 e. The summed E-state index contributed by atoms with van der Waals surface area (Å²) >= 11 is 23.3. The van der Waals surface area contributed by atoms with Crippen molar-refractivity contribution in [3.05, 3.63) is 0 Å². The lowest BCUT2D eigenvalue weighted by atomic mass is 9.96. The number of alkyl halides is 3. The number of carbonyl (C=O) groups is 1. The number of hydrogen-bond donors (Lipinski definition) is 0. The fourth-order valence-electron chi connectivity index (χ4n) is 1.82. The van der Waals surface area contributed by atoms with E-state index in [1.165, 1.54) is 0 Å². The lowest BCUT2D eigenvalue weighted by Crippen LogP contribution is -2.37. The molecule has 82 valence electrons. The normalized spacial score (nSPS) is 29.7. The zero-order chi connectivity index (χ0) is 10.8. The molecule has 0 radical (unpaired) electrons. The van der Waals surface area contributed by atoms with Gasteiger partial charge in [0.2, 0.25) is 0 Å². The molecule has 1 fully saturated rings. The van der Waals surface area contributed by atoms with Gasteiger partial charge in [-0.2, -0.15) is 0 Å². The molecule has 0 N–H and O–H groups in total. The van der Waals surface area contributed by atoms with Crippen molar-refractivity contribution >= 4 is 51.6 Å². The van der Waals surface area contributed by atoms with Gasteiger partial charge < -0.3 is 0 Å². The third-order valence-corrected chi connectivity index (χ3v) is 4.58. The zero-order valence-electron chi connectivity index (χ0n) is 7.61. The van der Waals surface area contributed by atoms with Gasteiger partial charge in [0, 0.05) is 11.3 Å². The molecule has 5 heteroatoms. The van der Waals surface area contributed by atoms with Gasteiger partial charge in [-0.05, 0) is 24.4 Å². The summed E-state index contributed by atoms with van der Waals surface area (Å²) < 4.78 is -1.53. The average Bonchev–Trinajstić information content (AvgIpc) is 2.29. The number of rotatable bonds is 2. The standard InChI is InChI=1S/C9H12Cl4O/c10-7-5-3-1-2-4-6(7)9(12,13)8(11)14/h6-7H,1-5H2. The molecule has 1 aliphatic rings. The van der Waals surface area contributed by atoms with Crippen molar-refractivity contribution in [1.29, 1.82) is 0 Å². The van der Waals surface area contributed by atoms with E-state index in [-0.39, 0.29) is 11.3 Å². The molecule has 1 rings (SSSR count). The molecule has 0 bridgehead atoms. The molecule has 1 nitrogen and oxygen atoms in total. The minimum atomic E-state index is -1.53. The molecule has 0 saturated heterocycles. The van der Waals surface area contributed by atoms with Crippen LogP contribution in [0.2, 0.25) is 0 Å². The highest BCUT2D eigenvalue weighted by Gasteiger charge is 2.44. The second-order valence-corrected chi connectivity index (χ2v) is 5.95. The van der Waals surface area contributed by atoms with Gasteiger partial charge in [-0.1, -0.05) is 42.5 Å². The van der Waals surface area contributed by atoms with Crippen molar-refractivity contribution in [2.24, 2.45) is 5.92 Å². The van der Waals surface area contributed by atoms with Crippen LogP contribution in [-0.4, -0.2) is 15.0 Å². The second-order valence-electron chi connectivity index (χ2n) is 3.66. The second kappa shape index (κ2) is 5.25. The lowest BCUT2D eigenvalue weighted by Gasteiger charge is -2.28. The Morgan fingerprint density at radius 3 is 2.29 bits per heavy atom. The van der Waals surface area contributed by atoms with Gasteiger partial charge in [0.05, 0.1) is 0 Å². The predicted octanol–water partition coefficient (Wildman–Crippen LogP) is 4.11. The quantitative estimate of drug-likeness (QED) is 0.422. The van der Waals surface area contributed by atoms with Crippen LogP contribution in [-0.2, 0) is 4.79 Å². The van der Waals surface area contributed by atoms with Crippen LogP contribution in [0.5, 0.6) is 0 Å². The van der Waals surface area contributed by atoms with E-state index in [9.17, 15) is 4.79 Å². The highest BCUT2D eigenvalue weighted by Crippen LogP contribution is 2.42. The minimum Gasteiger partial charge on any atom is -0.278 e. The Balaban J connectivity index is 2.77. The van der Waals surface area contributed by atoms with Gasteiger partial charge >= 0.3 is 0 Å². The molecule has 0 spiro atoms. The minimum absolute atomic E-state index is 0.157. The molecule has 2 unspecified atom stereocenters. The molecule has 0 aromatic carbocycles. The van der Waals surface area contributed by atoms with E-state index in [4.69, 9.17) is 46.4 Å². The number of carbonyl (C=O) groups excluding carboxylic acids is 1. The Morgan fingerprint density at radius 2 is 1.71 bits per heavy atom. The highest BCUT2D eigenvalue weighted by atomic mass is 35.5. The van der Waals surface area contributed by atoms with E-state index in [0.717, 1.165) is 32.1 Å². The Bertz CT molecular complexity index is 217. The van der Waals surface area contributed by atoms with Gasteiger partial charge in [0.15, 0.2) is 4.33 Å². The SMILES string of the molecule is O=C(Cl)C(Cl)(Cl)C1CCCCCC1Cl. The summed E-state index contributed by atoms with van der Waals surface area (Å²) in [4.78, 5) is 11.1. The molecule has 1 aliphatic carbocycles. The zero-order valence-corrected chi connectivity index (χ0v) is 10.6. The number of hydrogen-bond acceptors (Lipinski definition) is 1. The van der Waals surface area contributed by atoms with Crippen LogP contribution in [0.25, 0.3) is 0 Å². The van der Waals surface area contributed by atoms with Crippen molar-refractivity contribution in [2.75, 3.05) is 0 Å². The van der Waals surface area contributed by atoms with Gasteiger partial charge in [-0.15, -0.1) is 11.6 Å². The Kier molecular flexibility index (Phi) is 4.83. The number of halogens is 4. The third-order valence-electron chi connectivity index (χ3n) is 2.66. The van der Waals surface area contributed by atoms with Gasteiger partial charge in [-0.3, -0.25) is 4.79 Å². The van der Waals surface area contributed by atoms with E-state index in [2.05, 4.69) is 0 Å². The van der Waals surface area contributed by atoms with Crippen LogP contribution in [0.3, 0.4) is 0 Å². The average molecular weight is 278 g/mol. The van der Waals surface area contributed by atoms with E-state index in [1.54, 1.807) is 0 Å². The lowest BCUT2D eigenvalue weighted by molar-refractivity contribution is -0.113. The summed E-state index contributed by atoms with van der Waals surface area (Å²) in [5, 5.41) is -0.881. The van der Waals surface area contributed by atoms with Gasteiger partial charge in [0.25, 0.3) is 5.24 Å². The van der Waals surface area contributed by atoms with Gasteiger partial charge in [-0.25, -0.2) is 0 Å². The van der Waals surface area contributed by atoms with E-state index >= 15 is 0 Å². The van der Waals surface area contributed by atoms with Crippen molar-refractivity contribution in [1.82, 2.24) is 0 Å². The first-order chi connectivity index (χ1) is 6.46. The van der Waals surface area contributed by atoms with Crippen LogP contribution in [0.1, 0.15) is 32.1 Å². The fraction of sp³-hybridized carbons (Fsp3) is 0.889. The Labute approximate surface area is 104 Å². The molecule has 0 aromatic rings. The molecule has 0 aliphatic heterocycles. The molecule has 14 heavy (non-hydrogen) atoms. The maximum atomic E-state index is 11.1. The summed E-state index contributed by atoms with van der Waals surface area (Å²) in [6.45, 7) is 0. The van der Waals surface area contributed by atoms with Crippen LogP contribution < -0.4 is 0 Å². The van der Waals surface area contributed by atoms with Crippen LogP contribution in [0.15, 0.2) is 0 Å². The summed E-state index contributed by atoms with van der Waals surface area (Å²) in [6.07, 6.45) is 4.78. The van der Waals surface area contributed by atoms with E-state index in [1.807, 2.05) is 0 Å². The van der Waals surface area contributed by atoms with Crippen molar-refractivity contribution < 1.29 is 4.79 Å². The van der Waals surface area contributed by atoms with Crippen molar-refractivity contribution in [2.45, 2.75) is 41.8 Å². The van der Waals surface area contributed by atoms with Crippen molar-refractivity contribution in [3.63, 3.8) is 0 Å². The molecular weight excluding hydrogens is 266 g/mol. The van der Waals surface area contributed by atoms with Crippen LogP contribution in [0.4, 0.5) is 0 Å². The topological polar surface area (TPSA) is 17.1 Å². The monoisotopic (exact) mass is 276 g/mol. The van der Waals surface area contributed by atoms with Gasteiger partial charge in [0.1, 0.15) is 0 Å². The van der Waals surface area contributed by atoms with Crippen LogP contribution in [0, 0.1) is 5.92 Å². The third kappa shape index (κ3) is 2.91. The molecule has 0 amide bonds. The Hall–Kier alpha value is 0.830. The van der Waals surface area contributed by atoms with Crippen molar-refractivity contribution in [3.8, 4) is 0 Å². The molecule has 2 atom stereocenters. The highest BCUT2D eigenvalue weighted by molar-refractivity contribution is 6.78. The first-order valence-corrected chi connectivity index (χ1v) is 6.25. The largest absolute Gasteiger partial charge is 0.278 e. The summed E-state index contributed by atoms with van der Waals surface area (Å²) in [6, 6.07) is 0. The maximum Gasteiger partial charge on any atom is 0.258 e. The summed E-state index contributed by atoms with van der Waals surface area (Å²) in [5.74, 6) is -0.236. The molecular formula is C9H12Cl4O. The molecule has 0 aromatic heterocycles. The van der Waals surface area contributed by atoms with E-state index in [0.29, 0.717) is 0 Å². The molecule has 1 saturated carbocycles. The predicted molar refractivity (Wildman–Crippen MR) is 61.5 cm³/mol. The van der Waals surface area contributed by atoms with Crippen LogP contribution >= 0.6 is 46.4 Å². The summed E-state index contributed by atoms with van der Waals surface area (Å²) in [5.41, 5.74) is 0. The first kappa shape index (κ1) is 12.9. The summed E-state index contributed by atoms with van der Waals surface area (Å²) in [7, 11) is 0. The Morgan fingerprint density at radius 1 is 1.14 bits per heavy atom.